The first-order valence-corrected chi connectivity index (χ1v) is 5.71. The summed E-state index contributed by atoms with van der Waals surface area (Å²) >= 11 is 0. The van der Waals surface area contributed by atoms with Crippen LogP contribution in [0.1, 0.15) is 0 Å². The molecule has 0 aliphatic carbocycles. The minimum atomic E-state index is -0.490. The maximum Gasteiger partial charge on any atom is 0.147 e. The van der Waals surface area contributed by atoms with E-state index in [0.717, 1.165) is 10.6 Å². The SMILES string of the molecule is C[N+](C)(C)C.N#CC(=C=[N-])C(C#N)=CC(C#N)=C(C#N)C#N. The quantitative estimate of drug-likeness (QED) is 0.326. The standard InChI is InChI=1S/C11HN6.C4H12N/c12-2-8(10(4-14)5-15)1-9(3-13)11(6-16)7-17;1-5(2,3)4/h1H;1-4H3/q-1;+1. The van der Waals surface area contributed by atoms with Crippen molar-refractivity contribution in [1.82, 2.24) is 0 Å². The van der Waals surface area contributed by atoms with Gasteiger partial charge in [0.1, 0.15) is 35.9 Å². The van der Waals surface area contributed by atoms with Gasteiger partial charge in [0.05, 0.1) is 44.9 Å². The van der Waals surface area contributed by atoms with Crippen LogP contribution < -0.4 is 0 Å². The van der Waals surface area contributed by atoms with E-state index >= 15 is 0 Å². The summed E-state index contributed by atoms with van der Waals surface area (Å²) in [7, 11) is 8.50. The second-order valence-corrected chi connectivity index (χ2v) is 5.08. The van der Waals surface area contributed by atoms with Crippen LogP contribution in [0.4, 0.5) is 0 Å². The average Bonchev–Trinajstić information content (AvgIpc) is 2.44. The van der Waals surface area contributed by atoms with Gasteiger partial charge in [-0.3, -0.25) is 0 Å². The maximum absolute atomic E-state index is 8.69. The molecule has 0 N–H and O–H groups in total. The van der Waals surface area contributed by atoms with Crippen LogP contribution in [-0.4, -0.2) is 38.5 Å². The van der Waals surface area contributed by atoms with Gasteiger partial charge >= 0.3 is 0 Å². The van der Waals surface area contributed by atoms with Gasteiger partial charge in [0.15, 0.2) is 0 Å². The Balaban J connectivity index is 0. The fourth-order valence-electron chi connectivity index (χ4n) is 0.756. The molecule has 0 heterocycles. The van der Waals surface area contributed by atoms with Crippen molar-refractivity contribution >= 4 is 5.87 Å². The molecule has 108 valence electrons. The Bertz CT molecular complexity index is 713. The van der Waals surface area contributed by atoms with Crippen molar-refractivity contribution in [2.24, 2.45) is 0 Å². The van der Waals surface area contributed by atoms with Crippen LogP contribution in [-0.2, 0) is 0 Å². The van der Waals surface area contributed by atoms with Crippen LogP contribution in [0.2, 0.25) is 0 Å². The highest BCUT2D eigenvalue weighted by atomic mass is 15.2. The lowest BCUT2D eigenvalue weighted by Crippen LogP contribution is -2.27. The highest BCUT2D eigenvalue weighted by Gasteiger charge is 2.07. The van der Waals surface area contributed by atoms with Gasteiger partial charge in [0.25, 0.3) is 0 Å². The van der Waals surface area contributed by atoms with Crippen molar-refractivity contribution in [3.63, 3.8) is 0 Å². The molecule has 0 bridgehead atoms. The molecule has 0 unspecified atom stereocenters. The van der Waals surface area contributed by atoms with Gasteiger partial charge in [0.2, 0.25) is 0 Å². The number of hydrogen-bond donors (Lipinski definition) is 0. The van der Waals surface area contributed by atoms with Crippen molar-refractivity contribution in [3.05, 3.63) is 33.8 Å². The van der Waals surface area contributed by atoms with E-state index in [1.54, 1.807) is 12.1 Å². The van der Waals surface area contributed by atoms with Crippen molar-refractivity contribution in [2.75, 3.05) is 28.2 Å². The van der Waals surface area contributed by atoms with E-state index in [2.05, 4.69) is 28.2 Å². The number of rotatable bonds is 2. The van der Waals surface area contributed by atoms with E-state index in [9.17, 15) is 0 Å². The van der Waals surface area contributed by atoms with Gasteiger partial charge in [-0.15, -0.1) is 0 Å². The molecule has 7 heteroatoms. The highest BCUT2D eigenvalue weighted by molar-refractivity contribution is 5.76. The summed E-state index contributed by atoms with van der Waals surface area (Å²) in [5.74, 6) is 1.47. The Hall–Kier alpha value is -3.66. The average molecular weight is 291 g/mol. The molecule has 0 amide bonds. The van der Waals surface area contributed by atoms with Gasteiger partial charge in [-0.2, -0.15) is 26.3 Å². The molecule has 0 aromatic heterocycles. The molecule has 0 saturated carbocycles. The molecule has 0 rings (SSSR count). The Kier molecular flexibility index (Phi) is 9.54. The van der Waals surface area contributed by atoms with E-state index in [1.165, 1.54) is 24.1 Å². The number of nitrogens with zero attached hydrogens (tertiary/aromatic N) is 7. The fraction of sp³-hybridized carbons (Fsp3) is 0.267. The Labute approximate surface area is 129 Å². The third kappa shape index (κ3) is 9.29. The van der Waals surface area contributed by atoms with E-state index in [-0.39, 0.29) is 11.1 Å². The van der Waals surface area contributed by atoms with Crippen LogP contribution in [0.15, 0.2) is 28.4 Å². The second kappa shape index (κ2) is 10.2. The minimum absolute atomic E-state index is 0.366. The smallest absolute Gasteiger partial charge is 0.147 e. The molecule has 0 aromatic rings. The minimum Gasteiger partial charge on any atom is -0.762 e. The molecular formula is C15H13N7. The van der Waals surface area contributed by atoms with Crippen LogP contribution in [0, 0.1) is 56.7 Å². The first kappa shape index (κ1) is 20.7. The summed E-state index contributed by atoms with van der Waals surface area (Å²) in [6.45, 7) is 0. The van der Waals surface area contributed by atoms with Crippen LogP contribution in [0.25, 0.3) is 5.41 Å². The molecule has 0 atom stereocenters. The largest absolute Gasteiger partial charge is 0.762 e. The zero-order chi connectivity index (χ0) is 17.8. The second-order valence-electron chi connectivity index (χ2n) is 5.08. The lowest BCUT2D eigenvalue weighted by Gasteiger charge is -2.14. The molecule has 0 aliphatic heterocycles. The Morgan fingerprint density at radius 2 is 1.27 bits per heavy atom. The van der Waals surface area contributed by atoms with Crippen LogP contribution in [0.3, 0.4) is 0 Å². The summed E-state index contributed by atoms with van der Waals surface area (Å²) in [5, 5.41) is 51.5. The lowest BCUT2D eigenvalue weighted by molar-refractivity contribution is -0.849. The molecule has 0 aliphatic rings. The summed E-state index contributed by atoms with van der Waals surface area (Å²) in [6.07, 6.45) is 0.865. The predicted molar refractivity (Wildman–Crippen MR) is 79.0 cm³/mol. The molecule has 0 spiro atoms. The van der Waals surface area contributed by atoms with Gasteiger partial charge < -0.3 is 9.89 Å². The molecule has 0 saturated heterocycles. The van der Waals surface area contributed by atoms with E-state index in [4.69, 9.17) is 31.7 Å². The molecule has 22 heavy (non-hydrogen) atoms. The summed E-state index contributed by atoms with van der Waals surface area (Å²) < 4.78 is 1.00. The number of nitriles is 5. The molecule has 0 aromatic carbocycles. The Morgan fingerprint density at radius 1 is 0.818 bits per heavy atom. The van der Waals surface area contributed by atoms with Gasteiger partial charge in [-0.05, 0) is 6.08 Å². The van der Waals surface area contributed by atoms with Gasteiger partial charge in [-0.25, -0.2) is 5.87 Å². The zero-order valence-electron chi connectivity index (χ0n) is 12.7. The Morgan fingerprint density at radius 3 is 1.50 bits per heavy atom. The van der Waals surface area contributed by atoms with Crippen molar-refractivity contribution < 1.29 is 4.48 Å². The zero-order valence-corrected chi connectivity index (χ0v) is 12.7. The lowest BCUT2D eigenvalue weighted by atomic mass is 10.0. The van der Waals surface area contributed by atoms with Crippen molar-refractivity contribution in [3.8, 4) is 30.3 Å². The molecular weight excluding hydrogens is 278 g/mol. The van der Waals surface area contributed by atoms with Crippen molar-refractivity contribution in [1.29, 1.82) is 26.3 Å². The van der Waals surface area contributed by atoms with Gasteiger partial charge in [0, 0.05) is 0 Å². The third-order valence-corrected chi connectivity index (χ3v) is 1.52. The summed E-state index contributed by atoms with van der Waals surface area (Å²) in [4.78, 5) is 0. The third-order valence-electron chi connectivity index (χ3n) is 1.52. The molecule has 0 fully saturated rings. The topological polar surface area (TPSA) is 141 Å². The molecule has 7 nitrogen and oxygen atoms in total. The van der Waals surface area contributed by atoms with Gasteiger partial charge in [-0.1, -0.05) is 0 Å². The van der Waals surface area contributed by atoms with E-state index in [0.29, 0.717) is 0 Å². The van der Waals surface area contributed by atoms with E-state index < -0.39 is 11.1 Å². The number of allylic oxidation sites excluding steroid dienone is 5. The monoisotopic (exact) mass is 291 g/mol. The predicted octanol–water partition coefficient (Wildman–Crippen LogP) is 1.32. The summed E-state index contributed by atoms with van der Waals surface area (Å²) in [5.41, 5.74) is -1.71. The highest BCUT2D eigenvalue weighted by Crippen LogP contribution is 2.11. The number of hydrogen-bond acceptors (Lipinski definition) is 5. The van der Waals surface area contributed by atoms with Crippen molar-refractivity contribution in [2.45, 2.75) is 0 Å². The molecule has 0 radical (unpaired) electrons. The van der Waals surface area contributed by atoms with Crippen LogP contribution in [0.5, 0.6) is 0 Å². The maximum atomic E-state index is 8.69. The first-order valence-electron chi connectivity index (χ1n) is 5.71. The number of quaternary nitrogens is 1. The van der Waals surface area contributed by atoms with Crippen LogP contribution >= 0.6 is 0 Å². The first-order chi connectivity index (χ1) is 10.2. The summed E-state index contributed by atoms with van der Waals surface area (Å²) in [6, 6.07) is 7.52. The van der Waals surface area contributed by atoms with E-state index in [1.807, 2.05) is 0 Å². The normalized spacial score (nSPS) is 8.95. The fourth-order valence-corrected chi connectivity index (χ4v) is 0.756.